The van der Waals surface area contributed by atoms with Crippen LogP contribution in [0.1, 0.15) is 5.56 Å². The largest absolute Gasteiger partial charge is 0.383 e. The van der Waals surface area contributed by atoms with Gasteiger partial charge in [-0.05, 0) is 5.56 Å². The third-order valence-corrected chi connectivity index (χ3v) is 2.71. The molecule has 0 spiro atoms. The van der Waals surface area contributed by atoms with Gasteiger partial charge < -0.3 is 10.3 Å². The van der Waals surface area contributed by atoms with E-state index < -0.39 is 5.69 Å². The number of hydrogen-bond acceptors (Lipinski definition) is 4. The molecule has 0 atom stereocenters. The fourth-order valence-electron chi connectivity index (χ4n) is 1.88. The lowest BCUT2D eigenvalue weighted by atomic mass is 10.2. The van der Waals surface area contributed by atoms with Gasteiger partial charge in [0.2, 0.25) is 0 Å². The van der Waals surface area contributed by atoms with Crippen molar-refractivity contribution < 1.29 is 0 Å². The number of nitrogens with zero attached hydrogens (tertiary/aromatic N) is 3. The van der Waals surface area contributed by atoms with Gasteiger partial charge in [-0.1, -0.05) is 30.3 Å². The van der Waals surface area contributed by atoms with Crippen LogP contribution >= 0.6 is 0 Å². The highest BCUT2D eigenvalue weighted by Crippen LogP contribution is 2.14. The van der Waals surface area contributed by atoms with Crippen LogP contribution in [0, 0.1) is 0 Å². The SMILES string of the molecule is Nc1[nH]c(=O)nc2c1ncn2Cc1ccccc1. The number of benzene rings is 1. The first kappa shape index (κ1) is 10.5. The van der Waals surface area contributed by atoms with E-state index in [2.05, 4.69) is 15.0 Å². The Bertz CT molecular complexity index is 744. The van der Waals surface area contributed by atoms with E-state index in [0.717, 1.165) is 5.56 Å². The quantitative estimate of drug-likeness (QED) is 0.692. The molecule has 0 aliphatic carbocycles. The van der Waals surface area contributed by atoms with Crippen molar-refractivity contribution in [2.75, 3.05) is 5.73 Å². The Labute approximate surface area is 102 Å². The van der Waals surface area contributed by atoms with Crippen LogP contribution in [0.2, 0.25) is 0 Å². The van der Waals surface area contributed by atoms with Crippen LogP contribution in [0.5, 0.6) is 0 Å². The summed E-state index contributed by atoms with van der Waals surface area (Å²) in [4.78, 5) is 21.8. The molecule has 0 unspecified atom stereocenters. The zero-order valence-electron chi connectivity index (χ0n) is 9.50. The molecule has 0 radical (unpaired) electrons. The molecule has 2 heterocycles. The summed E-state index contributed by atoms with van der Waals surface area (Å²) in [5.41, 5.74) is 7.36. The fraction of sp³-hybridized carbons (Fsp3) is 0.0833. The fourth-order valence-corrected chi connectivity index (χ4v) is 1.88. The van der Waals surface area contributed by atoms with Crippen molar-refractivity contribution in [1.82, 2.24) is 19.5 Å². The summed E-state index contributed by atoms with van der Waals surface area (Å²) in [6.45, 7) is 0.604. The lowest BCUT2D eigenvalue weighted by Gasteiger charge is -2.03. The average molecular weight is 241 g/mol. The van der Waals surface area contributed by atoms with Gasteiger partial charge in [0.05, 0.1) is 12.9 Å². The lowest BCUT2D eigenvalue weighted by molar-refractivity contribution is 0.810. The van der Waals surface area contributed by atoms with Crippen molar-refractivity contribution in [2.45, 2.75) is 6.54 Å². The second kappa shape index (κ2) is 3.99. The van der Waals surface area contributed by atoms with Gasteiger partial charge in [-0.25, -0.2) is 9.78 Å². The molecule has 3 rings (SSSR count). The van der Waals surface area contributed by atoms with Crippen LogP contribution in [0.4, 0.5) is 5.82 Å². The van der Waals surface area contributed by atoms with Gasteiger partial charge >= 0.3 is 5.69 Å². The predicted octanol–water partition coefficient (Wildman–Crippen LogP) is 0.750. The van der Waals surface area contributed by atoms with E-state index >= 15 is 0 Å². The number of imidazole rings is 1. The molecule has 0 fully saturated rings. The number of nitrogens with two attached hydrogens (primary N) is 1. The number of aromatic nitrogens is 4. The molecule has 1 aromatic carbocycles. The van der Waals surface area contributed by atoms with E-state index in [1.165, 1.54) is 0 Å². The molecule has 0 saturated heterocycles. The van der Waals surface area contributed by atoms with Crippen LogP contribution in [0.15, 0.2) is 41.5 Å². The molecule has 0 bridgehead atoms. The van der Waals surface area contributed by atoms with Crippen molar-refractivity contribution in [3.63, 3.8) is 0 Å². The Morgan fingerprint density at radius 1 is 1.28 bits per heavy atom. The lowest BCUT2D eigenvalue weighted by Crippen LogP contribution is -2.14. The number of fused-ring (bicyclic) bond motifs is 1. The summed E-state index contributed by atoms with van der Waals surface area (Å²) in [5.74, 6) is 0.247. The molecule has 0 amide bonds. The van der Waals surface area contributed by atoms with Gasteiger partial charge in [0, 0.05) is 0 Å². The Balaban J connectivity index is 2.11. The van der Waals surface area contributed by atoms with Gasteiger partial charge in [0.15, 0.2) is 5.65 Å². The first-order valence-electron chi connectivity index (χ1n) is 5.48. The zero-order chi connectivity index (χ0) is 12.5. The van der Waals surface area contributed by atoms with Crippen LogP contribution < -0.4 is 11.4 Å². The number of rotatable bonds is 2. The molecule has 18 heavy (non-hydrogen) atoms. The van der Waals surface area contributed by atoms with E-state index in [1.54, 1.807) is 10.9 Å². The van der Waals surface area contributed by atoms with E-state index in [4.69, 9.17) is 5.73 Å². The summed E-state index contributed by atoms with van der Waals surface area (Å²) >= 11 is 0. The molecular formula is C12H11N5O. The third kappa shape index (κ3) is 1.73. The monoisotopic (exact) mass is 241 g/mol. The van der Waals surface area contributed by atoms with Crippen molar-refractivity contribution in [2.24, 2.45) is 0 Å². The molecule has 3 N–H and O–H groups in total. The second-order valence-corrected chi connectivity index (χ2v) is 3.99. The minimum atomic E-state index is -0.463. The number of nitrogen functional groups attached to an aromatic ring is 1. The maximum absolute atomic E-state index is 11.3. The van der Waals surface area contributed by atoms with Gasteiger partial charge in [0.25, 0.3) is 0 Å². The minimum Gasteiger partial charge on any atom is -0.383 e. The van der Waals surface area contributed by atoms with E-state index in [9.17, 15) is 4.79 Å². The van der Waals surface area contributed by atoms with Gasteiger partial charge in [-0.2, -0.15) is 4.98 Å². The first-order valence-corrected chi connectivity index (χ1v) is 5.48. The summed E-state index contributed by atoms with van der Waals surface area (Å²) in [5, 5.41) is 0. The predicted molar refractivity (Wildman–Crippen MR) is 68.1 cm³/mol. The Morgan fingerprint density at radius 3 is 2.83 bits per heavy atom. The highest BCUT2D eigenvalue weighted by molar-refractivity contribution is 5.81. The van der Waals surface area contributed by atoms with Crippen LogP contribution in [0.3, 0.4) is 0 Å². The molecule has 0 aliphatic heterocycles. The Kier molecular flexibility index (Phi) is 2.33. The highest BCUT2D eigenvalue weighted by atomic mass is 16.1. The number of H-pyrrole nitrogens is 1. The Morgan fingerprint density at radius 2 is 2.06 bits per heavy atom. The summed E-state index contributed by atoms with van der Waals surface area (Å²) < 4.78 is 1.80. The maximum Gasteiger partial charge on any atom is 0.348 e. The molecule has 2 aromatic heterocycles. The van der Waals surface area contributed by atoms with Crippen LogP contribution in [-0.2, 0) is 6.54 Å². The maximum atomic E-state index is 11.3. The first-order chi connectivity index (χ1) is 8.74. The molecular weight excluding hydrogens is 230 g/mol. The van der Waals surface area contributed by atoms with Gasteiger partial charge in [-0.15, -0.1) is 0 Å². The smallest absolute Gasteiger partial charge is 0.348 e. The summed E-state index contributed by atoms with van der Waals surface area (Å²) in [6.07, 6.45) is 1.63. The Hall–Kier alpha value is -2.63. The molecule has 90 valence electrons. The molecule has 3 aromatic rings. The van der Waals surface area contributed by atoms with Gasteiger partial charge in [0.1, 0.15) is 11.3 Å². The number of hydrogen-bond donors (Lipinski definition) is 2. The molecule has 0 aliphatic rings. The number of aromatic amines is 1. The van der Waals surface area contributed by atoms with E-state index in [1.807, 2.05) is 30.3 Å². The van der Waals surface area contributed by atoms with Crippen LogP contribution in [0.25, 0.3) is 11.2 Å². The standard InChI is InChI=1S/C12H11N5O/c13-10-9-11(16-12(18)15-10)17(7-14-9)6-8-4-2-1-3-5-8/h1-5,7H,6H2,(H3,13,15,16,18). The van der Waals surface area contributed by atoms with Crippen molar-refractivity contribution >= 4 is 17.0 Å². The summed E-state index contributed by atoms with van der Waals surface area (Å²) in [6, 6.07) is 9.88. The molecule has 6 nitrogen and oxygen atoms in total. The topological polar surface area (TPSA) is 89.6 Å². The number of nitrogens with one attached hydrogen (secondary N) is 1. The zero-order valence-corrected chi connectivity index (χ0v) is 9.50. The highest BCUT2D eigenvalue weighted by Gasteiger charge is 2.08. The van der Waals surface area contributed by atoms with Crippen molar-refractivity contribution in [3.8, 4) is 0 Å². The van der Waals surface area contributed by atoms with E-state index in [-0.39, 0.29) is 5.82 Å². The third-order valence-electron chi connectivity index (χ3n) is 2.71. The summed E-state index contributed by atoms with van der Waals surface area (Å²) in [7, 11) is 0. The van der Waals surface area contributed by atoms with Crippen LogP contribution in [-0.4, -0.2) is 19.5 Å². The van der Waals surface area contributed by atoms with E-state index in [0.29, 0.717) is 17.7 Å². The number of anilines is 1. The second-order valence-electron chi connectivity index (χ2n) is 3.99. The normalized spacial score (nSPS) is 10.9. The molecule has 0 saturated carbocycles. The molecule has 6 heteroatoms. The average Bonchev–Trinajstić information content (AvgIpc) is 2.74. The van der Waals surface area contributed by atoms with Gasteiger partial charge in [-0.3, -0.25) is 4.98 Å². The minimum absolute atomic E-state index is 0.247. The van der Waals surface area contributed by atoms with Crippen molar-refractivity contribution in [3.05, 3.63) is 52.7 Å². The van der Waals surface area contributed by atoms with Crippen molar-refractivity contribution in [1.29, 1.82) is 0 Å².